The van der Waals surface area contributed by atoms with Crippen molar-refractivity contribution < 1.29 is 9.13 Å². The van der Waals surface area contributed by atoms with Gasteiger partial charge in [0.25, 0.3) is 0 Å². The first kappa shape index (κ1) is 11.0. The molecule has 1 N–H and O–H groups in total. The van der Waals surface area contributed by atoms with Gasteiger partial charge in [0.15, 0.2) is 6.10 Å². The summed E-state index contributed by atoms with van der Waals surface area (Å²) in [6.07, 6.45) is -0.00994. The quantitative estimate of drug-likeness (QED) is 0.852. The van der Waals surface area contributed by atoms with E-state index in [1.807, 2.05) is 12.1 Å². The van der Waals surface area contributed by atoms with Crippen LogP contribution in [-0.2, 0) is 0 Å². The Morgan fingerprint density at radius 3 is 3.00 bits per heavy atom. The smallest absolute Gasteiger partial charge is 0.150 e. The minimum atomic E-state index is -0.253. The van der Waals surface area contributed by atoms with E-state index in [1.165, 1.54) is 12.1 Å². The van der Waals surface area contributed by atoms with Crippen LogP contribution in [-0.4, -0.2) is 6.54 Å². The molecule has 1 unspecified atom stereocenters. The number of halogens is 2. The van der Waals surface area contributed by atoms with E-state index in [2.05, 4.69) is 21.2 Å². The number of hydrogen-bond donors (Lipinski definition) is 1. The second-order valence-corrected chi connectivity index (χ2v) is 6.26. The van der Waals surface area contributed by atoms with Crippen molar-refractivity contribution in [2.24, 2.45) is 0 Å². The van der Waals surface area contributed by atoms with Gasteiger partial charge in [-0.1, -0.05) is 0 Å². The Bertz CT molecular complexity index is 557. The van der Waals surface area contributed by atoms with E-state index in [-0.39, 0.29) is 11.9 Å². The molecular weight excluding hydrogens is 305 g/mol. The number of benzene rings is 1. The Labute approximate surface area is 111 Å². The molecule has 2 heterocycles. The molecule has 0 spiro atoms. The number of ether oxygens (including phenoxy) is 1. The molecule has 1 aromatic heterocycles. The third-order valence-electron chi connectivity index (χ3n) is 2.60. The van der Waals surface area contributed by atoms with Crippen LogP contribution in [0.15, 0.2) is 34.1 Å². The highest BCUT2D eigenvalue weighted by molar-refractivity contribution is 9.11. The summed E-state index contributed by atoms with van der Waals surface area (Å²) >= 11 is 5.08. The van der Waals surface area contributed by atoms with Gasteiger partial charge in [0.2, 0.25) is 0 Å². The maximum absolute atomic E-state index is 13.0. The average molecular weight is 314 g/mol. The Morgan fingerprint density at radius 1 is 1.35 bits per heavy atom. The van der Waals surface area contributed by atoms with Gasteiger partial charge in [-0.15, -0.1) is 11.3 Å². The van der Waals surface area contributed by atoms with Gasteiger partial charge in [0, 0.05) is 10.9 Å². The number of rotatable bonds is 1. The summed E-state index contributed by atoms with van der Waals surface area (Å²) in [7, 11) is 0. The lowest BCUT2D eigenvalue weighted by Crippen LogP contribution is -2.22. The van der Waals surface area contributed by atoms with Crippen molar-refractivity contribution in [1.29, 1.82) is 0 Å². The van der Waals surface area contributed by atoms with Crippen LogP contribution in [0.3, 0.4) is 0 Å². The Kier molecular flexibility index (Phi) is 2.80. The molecule has 0 saturated heterocycles. The summed E-state index contributed by atoms with van der Waals surface area (Å²) in [4.78, 5) is 1.15. The molecule has 5 heteroatoms. The summed E-state index contributed by atoms with van der Waals surface area (Å²) in [5.74, 6) is 0.448. The minimum Gasteiger partial charge on any atom is -0.481 e. The molecule has 0 bridgehead atoms. The standard InChI is InChI=1S/C12H9BrFNOS/c13-12-4-3-11(17-12)10-6-15-8-5-7(14)1-2-9(8)16-10/h1-5,10,15H,6H2. The molecule has 1 aromatic carbocycles. The highest BCUT2D eigenvalue weighted by atomic mass is 79.9. The molecule has 1 aliphatic rings. The molecule has 1 atom stereocenters. The number of thiophene rings is 1. The van der Waals surface area contributed by atoms with Gasteiger partial charge in [-0.05, 0) is 40.2 Å². The fourth-order valence-corrected chi connectivity index (χ4v) is 3.25. The lowest BCUT2D eigenvalue weighted by atomic mass is 10.2. The Hall–Kier alpha value is -1.07. The molecule has 3 rings (SSSR count). The average Bonchev–Trinajstić information content (AvgIpc) is 2.75. The molecule has 0 amide bonds. The normalized spacial score (nSPS) is 18.1. The molecule has 0 radical (unpaired) electrons. The lowest BCUT2D eigenvalue weighted by Gasteiger charge is -2.26. The fourth-order valence-electron chi connectivity index (χ4n) is 1.80. The second kappa shape index (κ2) is 4.31. The van der Waals surface area contributed by atoms with Gasteiger partial charge in [-0.2, -0.15) is 0 Å². The van der Waals surface area contributed by atoms with Crippen LogP contribution >= 0.6 is 27.3 Å². The van der Waals surface area contributed by atoms with Crippen molar-refractivity contribution in [3.05, 3.63) is 44.8 Å². The van der Waals surface area contributed by atoms with Crippen molar-refractivity contribution in [3.8, 4) is 5.75 Å². The van der Waals surface area contributed by atoms with Crippen LogP contribution in [0.4, 0.5) is 10.1 Å². The zero-order chi connectivity index (χ0) is 11.8. The highest BCUT2D eigenvalue weighted by Crippen LogP contribution is 2.37. The molecule has 2 aromatic rings. The molecular formula is C12H9BrFNOS. The Balaban J connectivity index is 1.88. The third kappa shape index (κ3) is 2.17. The van der Waals surface area contributed by atoms with Crippen LogP contribution in [0.1, 0.15) is 11.0 Å². The van der Waals surface area contributed by atoms with Gasteiger partial charge in [-0.3, -0.25) is 0 Å². The molecule has 0 fully saturated rings. The van der Waals surface area contributed by atoms with E-state index in [1.54, 1.807) is 17.4 Å². The third-order valence-corrected chi connectivity index (χ3v) is 4.32. The van der Waals surface area contributed by atoms with Crippen LogP contribution in [0, 0.1) is 5.82 Å². The second-order valence-electron chi connectivity index (χ2n) is 3.77. The largest absolute Gasteiger partial charge is 0.481 e. The van der Waals surface area contributed by atoms with E-state index in [0.29, 0.717) is 12.3 Å². The Morgan fingerprint density at radius 2 is 2.24 bits per heavy atom. The van der Waals surface area contributed by atoms with Gasteiger partial charge < -0.3 is 10.1 Å². The number of hydrogen-bond acceptors (Lipinski definition) is 3. The predicted octanol–water partition coefficient (Wildman–Crippen LogP) is 4.20. The van der Waals surface area contributed by atoms with Crippen molar-refractivity contribution in [3.63, 3.8) is 0 Å². The molecule has 0 saturated carbocycles. The molecule has 0 aliphatic carbocycles. The maximum atomic E-state index is 13.0. The van der Waals surface area contributed by atoms with Crippen LogP contribution in [0.2, 0.25) is 0 Å². The first-order chi connectivity index (χ1) is 8.22. The minimum absolute atomic E-state index is 0.00994. The zero-order valence-corrected chi connectivity index (χ0v) is 11.1. The molecule has 1 aliphatic heterocycles. The van der Waals surface area contributed by atoms with Crippen LogP contribution in [0.5, 0.6) is 5.75 Å². The first-order valence-electron chi connectivity index (χ1n) is 5.18. The molecule has 2 nitrogen and oxygen atoms in total. The predicted molar refractivity (Wildman–Crippen MR) is 70.3 cm³/mol. The summed E-state index contributed by atoms with van der Waals surface area (Å²) in [5.41, 5.74) is 0.719. The van der Waals surface area contributed by atoms with Gasteiger partial charge in [0.05, 0.1) is 16.0 Å². The van der Waals surface area contributed by atoms with E-state index in [0.717, 1.165) is 14.4 Å². The van der Waals surface area contributed by atoms with Crippen molar-refractivity contribution >= 4 is 33.0 Å². The van der Waals surface area contributed by atoms with Gasteiger partial charge >= 0.3 is 0 Å². The van der Waals surface area contributed by atoms with E-state index < -0.39 is 0 Å². The number of fused-ring (bicyclic) bond motifs is 1. The molecule has 17 heavy (non-hydrogen) atoms. The van der Waals surface area contributed by atoms with Crippen molar-refractivity contribution in [2.75, 3.05) is 11.9 Å². The fraction of sp³-hybridized carbons (Fsp3) is 0.167. The van der Waals surface area contributed by atoms with Crippen molar-refractivity contribution in [2.45, 2.75) is 6.10 Å². The first-order valence-corrected chi connectivity index (χ1v) is 6.78. The summed E-state index contributed by atoms with van der Waals surface area (Å²) in [6, 6.07) is 8.56. The summed E-state index contributed by atoms with van der Waals surface area (Å²) in [5, 5.41) is 3.19. The lowest BCUT2D eigenvalue weighted by molar-refractivity contribution is 0.214. The monoisotopic (exact) mass is 313 g/mol. The van der Waals surface area contributed by atoms with Gasteiger partial charge in [-0.25, -0.2) is 4.39 Å². The van der Waals surface area contributed by atoms with E-state index in [9.17, 15) is 4.39 Å². The molecule has 88 valence electrons. The maximum Gasteiger partial charge on any atom is 0.150 e. The summed E-state index contributed by atoms with van der Waals surface area (Å²) in [6.45, 7) is 0.656. The van der Waals surface area contributed by atoms with Crippen LogP contribution < -0.4 is 10.1 Å². The van der Waals surface area contributed by atoms with Gasteiger partial charge in [0.1, 0.15) is 11.6 Å². The SMILES string of the molecule is Fc1ccc2c(c1)NCC(c1ccc(Br)s1)O2. The number of nitrogens with one attached hydrogen (secondary N) is 1. The summed E-state index contributed by atoms with van der Waals surface area (Å²) < 4.78 is 19.9. The zero-order valence-electron chi connectivity index (χ0n) is 8.74. The topological polar surface area (TPSA) is 21.3 Å². The van der Waals surface area contributed by atoms with Crippen LogP contribution in [0.25, 0.3) is 0 Å². The van der Waals surface area contributed by atoms with E-state index in [4.69, 9.17) is 4.74 Å². The van der Waals surface area contributed by atoms with Crippen molar-refractivity contribution in [1.82, 2.24) is 0 Å². The highest BCUT2D eigenvalue weighted by Gasteiger charge is 2.22. The number of anilines is 1. The van der Waals surface area contributed by atoms with E-state index >= 15 is 0 Å².